The summed E-state index contributed by atoms with van der Waals surface area (Å²) in [4.78, 5) is 33.4. The molecule has 1 aromatic rings. The summed E-state index contributed by atoms with van der Waals surface area (Å²) in [5.74, 6) is -0.769. The lowest BCUT2D eigenvalue weighted by atomic mass is 9.96. The van der Waals surface area contributed by atoms with Crippen LogP contribution in [0.4, 0.5) is 5.69 Å². The first-order chi connectivity index (χ1) is 9.08. The van der Waals surface area contributed by atoms with Crippen LogP contribution in [0.3, 0.4) is 0 Å². The number of ketones is 1. The Morgan fingerprint density at radius 1 is 1.37 bits per heavy atom. The second kappa shape index (κ2) is 5.60. The van der Waals surface area contributed by atoms with E-state index in [0.29, 0.717) is 12.8 Å². The summed E-state index contributed by atoms with van der Waals surface area (Å²) < 4.78 is 5.11. The van der Waals surface area contributed by atoms with Crippen molar-refractivity contribution in [2.75, 3.05) is 0 Å². The fraction of sp³-hybridized carbons (Fsp3) is 0.385. The van der Waals surface area contributed by atoms with E-state index >= 15 is 0 Å². The van der Waals surface area contributed by atoms with Crippen LogP contribution in [0.15, 0.2) is 24.3 Å². The summed E-state index contributed by atoms with van der Waals surface area (Å²) >= 11 is 0. The predicted octanol–water partition coefficient (Wildman–Crippen LogP) is 2.26. The lowest BCUT2D eigenvalue weighted by Crippen LogP contribution is -2.30. The van der Waals surface area contributed by atoms with E-state index in [-0.39, 0.29) is 17.0 Å². The molecule has 0 heterocycles. The number of esters is 1. The quantitative estimate of drug-likeness (QED) is 0.474. The maximum atomic E-state index is 11.8. The number of nitrogens with zero attached hydrogens (tertiary/aromatic N) is 1. The molecule has 0 amide bonds. The highest BCUT2D eigenvalue weighted by atomic mass is 16.6. The largest absolute Gasteiger partial charge is 0.451 e. The van der Waals surface area contributed by atoms with Gasteiger partial charge in [-0.2, -0.15) is 0 Å². The fourth-order valence-electron chi connectivity index (χ4n) is 2.02. The van der Waals surface area contributed by atoms with Gasteiger partial charge in [0.2, 0.25) is 0 Å². The average Bonchev–Trinajstić information content (AvgIpc) is 2.41. The van der Waals surface area contributed by atoms with Gasteiger partial charge in [-0.05, 0) is 25.3 Å². The molecule has 0 saturated heterocycles. The van der Waals surface area contributed by atoms with Gasteiger partial charge >= 0.3 is 5.97 Å². The van der Waals surface area contributed by atoms with Gasteiger partial charge in [-0.1, -0.05) is 6.07 Å². The molecule has 0 aromatic heterocycles. The van der Waals surface area contributed by atoms with Crippen molar-refractivity contribution < 1.29 is 19.2 Å². The molecule has 6 heteroatoms. The smallest absolute Gasteiger partial charge is 0.339 e. The van der Waals surface area contributed by atoms with Crippen molar-refractivity contribution >= 4 is 17.4 Å². The number of nitro benzene ring substituents is 1. The van der Waals surface area contributed by atoms with Crippen molar-refractivity contribution in [3.63, 3.8) is 0 Å². The SMILES string of the molecule is O=C(O[C@H]1CCCCC1=O)c1cccc([N+](=O)[O-])c1. The Hall–Kier alpha value is -2.24. The standard InChI is InChI=1S/C13H13NO5/c15-11-6-1-2-7-12(11)19-13(16)9-4-3-5-10(8-9)14(17)18/h3-5,8,12H,1-2,6-7H2/t12-/m0/s1. The zero-order valence-electron chi connectivity index (χ0n) is 10.2. The molecule has 1 aliphatic rings. The van der Waals surface area contributed by atoms with Crippen LogP contribution in [0.2, 0.25) is 0 Å². The first kappa shape index (κ1) is 13.2. The molecule has 19 heavy (non-hydrogen) atoms. The van der Waals surface area contributed by atoms with Crippen molar-refractivity contribution in [2.24, 2.45) is 0 Å². The minimum atomic E-state index is -0.708. The number of non-ortho nitro benzene ring substituents is 1. The van der Waals surface area contributed by atoms with Crippen molar-refractivity contribution in [3.05, 3.63) is 39.9 Å². The molecule has 1 aromatic carbocycles. The summed E-state index contributed by atoms with van der Waals surface area (Å²) in [7, 11) is 0. The van der Waals surface area contributed by atoms with E-state index in [2.05, 4.69) is 0 Å². The molecule has 1 aliphatic carbocycles. The molecule has 100 valence electrons. The Bertz CT molecular complexity index is 526. The maximum Gasteiger partial charge on any atom is 0.339 e. The van der Waals surface area contributed by atoms with Crippen molar-refractivity contribution in [1.29, 1.82) is 0 Å². The molecule has 0 bridgehead atoms. The Morgan fingerprint density at radius 3 is 2.84 bits per heavy atom. The van der Waals surface area contributed by atoms with E-state index in [0.717, 1.165) is 18.9 Å². The number of nitro groups is 1. The van der Waals surface area contributed by atoms with Crippen LogP contribution < -0.4 is 0 Å². The summed E-state index contributed by atoms with van der Waals surface area (Å²) in [6.07, 6.45) is 1.91. The van der Waals surface area contributed by atoms with E-state index in [9.17, 15) is 19.7 Å². The van der Waals surface area contributed by atoms with Crippen LogP contribution in [0, 0.1) is 10.1 Å². The molecule has 0 radical (unpaired) electrons. The lowest BCUT2D eigenvalue weighted by molar-refractivity contribution is -0.384. The third-order valence-electron chi connectivity index (χ3n) is 3.04. The highest BCUT2D eigenvalue weighted by Crippen LogP contribution is 2.20. The van der Waals surface area contributed by atoms with Crippen molar-refractivity contribution in [3.8, 4) is 0 Å². The van der Waals surface area contributed by atoms with E-state index < -0.39 is 17.0 Å². The molecular formula is C13H13NO5. The topological polar surface area (TPSA) is 86.5 Å². The van der Waals surface area contributed by atoms with E-state index in [1.54, 1.807) is 0 Å². The summed E-state index contributed by atoms with van der Waals surface area (Å²) in [5.41, 5.74) is -0.0861. The van der Waals surface area contributed by atoms with Crippen LogP contribution in [-0.2, 0) is 9.53 Å². The monoisotopic (exact) mass is 263 g/mol. The second-order valence-corrected chi connectivity index (χ2v) is 4.41. The number of hydrogen-bond acceptors (Lipinski definition) is 5. The van der Waals surface area contributed by atoms with Crippen LogP contribution in [-0.4, -0.2) is 22.8 Å². The maximum absolute atomic E-state index is 11.8. The van der Waals surface area contributed by atoms with E-state index in [4.69, 9.17) is 4.74 Å². The van der Waals surface area contributed by atoms with Gasteiger partial charge in [0, 0.05) is 18.6 Å². The predicted molar refractivity (Wildman–Crippen MR) is 65.8 cm³/mol. The van der Waals surface area contributed by atoms with E-state index in [1.165, 1.54) is 18.2 Å². The highest BCUT2D eigenvalue weighted by Gasteiger charge is 2.26. The third-order valence-corrected chi connectivity index (χ3v) is 3.04. The first-order valence-corrected chi connectivity index (χ1v) is 6.06. The van der Waals surface area contributed by atoms with Crippen LogP contribution >= 0.6 is 0 Å². The number of ether oxygens (including phenoxy) is 1. The Labute approximate surface area is 109 Å². The number of benzene rings is 1. The molecule has 1 fully saturated rings. The summed E-state index contributed by atoms with van der Waals surface area (Å²) in [6, 6.07) is 5.29. The summed E-state index contributed by atoms with van der Waals surface area (Å²) in [6.45, 7) is 0. The molecule has 1 atom stereocenters. The molecular weight excluding hydrogens is 250 g/mol. The molecule has 0 spiro atoms. The molecule has 0 aliphatic heterocycles. The number of rotatable bonds is 3. The molecule has 1 saturated carbocycles. The van der Waals surface area contributed by atoms with Gasteiger partial charge in [0.1, 0.15) is 0 Å². The average molecular weight is 263 g/mol. The Balaban J connectivity index is 2.09. The second-order valence-electron chi connectivity index (χ2n) is 4.41. The van der Waals surface area contributed by atoms with E-state index in [1.807, 2.05) is 0 Å². The molecule has 0 N–H and O–H groups in total. The number of hydrogen-bond donors (Lipinski definition) is 0. The zero-order chi connectivity index (χ0) is 13.8. The number of carbonyl (C=O) groups excluding carboxylic acids is 2. The van der Waals surface area contributed by atoms with Gasteiger partial charge in [-0.3, -0.25) is 14.9 Å². The van der Waals surface area contributed by atoms with Gasteiger partial charge in [-0.25, -0.2) is 4.79 Å². The van der Waals surface area contributed by atoms with Gasteiger partial charge in [-0.15, -0.1) is 0 Å². The van der Waals surface area contributed by atoms with Crippen molar-refractivity contribution in [1.82, 2.24) is 0 Å². The Kier molecular flexibility index (Phi) is 3.89. The molecule has 0 unspecified atom stereocenters. The number of carbonyl (C=O) groups is 2. The zero-order valence-corrected chi connectivity index (χ0v) is 10.2. The van der Waals surface area contributed by atoms with Crippen molar-refractivity contribution in [2.45, 2.75) is 31.8 Å². The Morgan fingerprint density at radius 2 is 2.16 bits per heavy atom. The van der Waals surface area contributed by atoms with Gasteiger partial charge < -0.3 is 4.74 Å². The van der Waals surface area contributed by atoms with Gasteiger partial charge in [0.25, 0.3) is 5.69 Å². The summed E-state index contributed by atoms with van der Waals surface area (Å²) in [5, 5.41) is 10.6. The normalized spacial score (nSPS) is 18.9. The molecule has 2 rings (SSSR count). The van der Waals surface area contributed by atoms with Crippen LogP contribution in [0.5, 0.6) is 0 Å². The fourth-order valence-corrected chi connectivity index (χ4v) is 2.02. The van der Waals surface area contributed by atoms with Crippen LogP contribution in [0.1, 0.15) is 36.0 Å². The first-order valence-electron chi connectivity index (χ1n) is 6.06. The minimum Gasteiger partial charge on any atom is -0.451 e. The van der Waals surface area contributed by atoms with Gasteiger partial charge in [0.05, 0.1) is 10.5 Å². The lowest BCUT2D eigenvalue weighted by Gasteiger charge is -2.20. The number of Topliss-reactive ketones (excluding diaryl/α,β-unsaturated/α-hetero) is 1. The van der Waals surface area contributed by atoms with Gasteiger partial charge in [0.15, 0.2) is 11.9 Å². The third kappa shape index (κ3) is 3.15. The van der Waals surface area contributed by atoms with Crippen LogP contribution in [0.25, 0.3) is 0 Å². The molecule has 6 nitrogen and oxygen atoms in total. The minimum absolute atomic E-state index is 0.0787. The highest BCUT2D eigenvalue weighted by molar-refractivity contribution is 5.93.